The molecule has 1 fully saturated rings. The van der Waals surface area contributed by atoms with Gasteiger partial charge in [-0.25, -0.2) is 9.37 Å². The summed E-state index contributed by atoms with van der Waals surface area (Å²) >= 11 is 6.54. The second kappa shape index (κ2) is 10.4. The Morgan fingerprint density at radius 2 is 2.00 bits per heavy atom. The molecule has 8 nitrogen and oxygen atoms in total. The van der Waals surface area contributed by atoms with E-state index in [1.807, 2.05) is 26.0 Å². The largest absolute Gasteiger partial charge is 0.495 e. The maximum Gasteiger partial charge on any atom is 0.243 e. The third-order valence-corrected chi connectivity index (χ3v) is 6.80. The Morgan fingerprint density at radius 3 is 2.69 bits per heavy atom. The molecule has 2 N–H and O–H groups in total. The van der Waals surface area contributed by atoms with E-state index in [1.54, 1.807) is 6.20 Å². The van der Waals surface area contributed by atoms with Crippen molar-refractivity contribution in [3.63, 3.8) is 0 Å². The summed E-state index contributed by atoms with van der Waals surface area (Å²) in [6.45, 7) is 8.11. The van der Waals surface area contributed by atoms with Crippen molar-refractivity contribution in [3.8, 4) is 11.5 Å². The predicted octanol–water partition coefficient (Wildman–Crippen LogP) is 4.84. The highest BCUT2D eigenvalue weighted by atomic mass is 35.5. The number of rotatable bonds is 8. The van der Waals surface area contributed by atoms with E-state index in [1.165, 1.54) is 26.4 Å². The third kappa shape index (κ3) is 4.85. The molecule has 0 radical (unpaired) electrons. The van der Waals surface area contributed by atoms with Gasteiger partial charge in [0.25, 0.3) is 0 Å². The molecule has 0 saturated carbocycles. The van der Waals surface area contributed by atoms with Crippen LogP contribution < -0.4 is 20.1 Å². The van der Waals surface area contributed by atoms with Crippen molar-refractivity contribution in [3.05, 3.63) is 59.2 Å². The number of furan rings is 1. The van der Waals surface area contributed by atoms with Crippen LogP contribution in [0.15, 0.2) is 41.5 Å². The summed E-state index contributed by atoms with van der Waals surface area (Å²) in [6.07, 6.45) is 3.51. The van der Waals surface area contributed by atoms with E-state index >= 15 is 4.39 Å². The van der Waals surface area contributed by atoms with Gasteiger partial charge in [-0.05, 0) is 38.5 Å². The topological polar surface area (TPSA) is 94.9 Å². The Bertz CT molecular complexity index is 1260. The molecule has 4 rings (SSSR count). The highest BCUT2D eigenvalue weighted by Crippen LogP contribution is 2.46. The lowest BCUT2D eigenvalue weighted by atomic mass is 9.81. The van der Waals surface area contributed by atoms with Gasteiger partial charge in [0, 0.05) is 23.6 Å². The van der Waals surface area contributed by atoms with Gasteiger partial charge < -0.3 is 29.3 Å². The highest BCUT2D eigenvalue weighted by molar-refractivity contribution is 6.33. The van der Waals surface area contributed by atoms with Crippen LogP contribution in [0, 0.1) is 5.82 Å². The maximum absolute atomic E-state index is 15.4. The van der Waals surface area contributed by atoms with E-state index in [0.717, 1.165) is 5.39 Å². The van der Waals surface area contributed by atoms with Crippen molar-refractivity contribution in [2.24, 2.45) is 0 Å². The summed E-state index contributed by atoms with van der Waals surface area (Å²) in [5.41, 5.74) is -0.232. The van der Waals surface area contributed by atoms with E-state index in [9.17, 15) is 4.79 Å². The maximum atomic E-state index is 15.4. The molecular formula is C26H29ClFN3O5. The normalized spacial score (nSPS) is 18.1. The van der Waals surface area contributed by atoms with E-state index in [2.05, 4.69) is 22.2 Å². The SMILES string of the molecule is C=CC(=O)NC1CCOCC1Nc1cc2cc(C(C)(C)c3c(F)c(OC)cc(OC)c3Cl)oc2cn1. The summed E-state index contributed by atoms with van der Waals surface area (Å²) < 4.78 is 37.6. The van der Waals surface area contributed by atoms with Gasteiger partial charge in [0.05, 0.1) is 49.5 Å². The number of aromatic nitrogens is 1. The number of carbonyl (C=O) groups excluding carboxylic acids is 1. The lowest BCUT2D eigenvalue weighted by Gasteiger charge is -2.32. The zero-order valence-corrected chi connectivity index (χ0v) is 21.4. The van der Waals surface area contributed by atoms with Crippen LogP contribution in [0.2, 0.25) is 5.02 Å². The number of halogens is 2. The number of nitrogens with one attached hydrogen (secondary N) is 2. The Morgan fingerprint density at radius 1 is 1.25 bits per heavy atom. The molecule has 1 aromatic carbocycles. The first-order chi connectivity index (χ1) is 17.2. The molecule has 3 aromatic rings. The first-order valence-electron chi connectivity index (χ1n) is 11.5. The molecule has 10 heteroatoms. The molecule has 3 heterocycles. The smallest absolute Gasteiger partial charge is 0.243 e. The number of methoxy groups -OCH3 is 2. The highest BCUT2D eigenvalue weighted by Gasteiger charge is 2.36. The number of benzene rings is 1. The van der Waals surface area contributed by atoms with Crippen LogP contribution in [-0.4, -0.2) is 50.4 Å². The van der Waals surface area contributed by atoms with Crippen molar-refractivity contribution >= 4 is 34.3 Å². The number of anilines is 1. The molecule has 0 aliphatic carbocycles. The molecule has 2 atom stereocenters. The van der Waals surface area contributed by atoms with E-state index in [0.29, 0.717) is 42.5 Å². The Kier molecular flexibility index (Phi) is 7.42. The number of hydrogen-bond donors (Lipinski definition) is 2. The minimum atomic E-state index is -0.965. The Balaban J connectivity index is 1.66. The van der Waals surface area contributed by atoms with Crippen LogP contribution in [0.1, 0.15) is 31.6 Å². The molecule has 36 heavy (non-hydrogen) atoms. The number of ether oxygens (including phenoxy) is 3. The first kappa shape index (κ1) is 25.8. The Labute approximate surface area is 213 Å². The Hall–Kier alpha value is -3.30. The van der Waals surface area contributed by atoms with Crippen LogP contribution in [0.4, 0.5) is 10.2 Å². The van der Waals surface area contributed by atoms with Crippen molar-refractivity contribution in [2.75, 3.05) is 32.8 Å². The van der Waals surface area contributed by atoms with Crippen molar-refractivity contribution in [2.45, 2.75) is 37.8 Å². The third-order valence-electron chi connectivity index (χ3n) is 6.42. The lowest BCUT2D eigenvalue weighted by molar-refractivity contribution is -0.117. The fraction of sp³-hybridized carbons (Fsp3) is 0.385. The first-order valence-corrected chi connectivity index (χ1v) is 11.8. The molecule has 192 valence electrons. The number of amides is 1. The summed E-state index contributed by atoms with van der Waals surface area (Å²) in [7, 11) is 2.84. The van der Waals surface area contributed by atoms with E-state index in [4.69, 9.17) is 30.2 Å². The molecule has 0 spiro atoms. The molecular weight excluding hydrogens is 489 g/mol. The standard InChI is InChI=1S/C26H29ClFN3O5/c1-6-22(32)31-15-7-8-35-13-16(15)30-21-10-14-9-20(36-19(14)12-29-21)26(2,3)23-24(27)17(33-4)11-18(34-5)25(23)28/h6,9-12,15-16H,1,7-8,13H2,2-5H3,(H,29,30)(H,31,32). The number of nitrogens with zero attached hydrogens (tertiary/aromatic N) is 1. The fourth-order valence-corrected chi connectivity index (χ4v) is 4.83. The van der Waals surface area contributed by atoms with Crippen LogP contribution in [0.25, 0.3) is 11.0 Å². The van der Waals surface area contributed by atoms with E-state index < -0.39 is 11.2 Å². The number of carbonyl (C=O) groups is 1. The van der Waals surface area contributed by atoms with Crippen LogP contribution in [0.5, 0.6) is 11.5 Å². The fourth-order valence-electron chi connectivity index (χ4n) is 4.37. The van der Waals surface area contributed by atoms with Crippen molar-refractivity contribution in [1.29, 1.82) is 0 Å². The molecule has 2 aromatic heterocycles. The monoisotopic (exact) mass is 517 g/mol. The lowest BCUT2D eigenvalue weighted by Crippen LogP contribution is -2.52. The zero-order chi connectivity index (χ0) is 26.0. The summed E-state index contributed by atoms with van der Waals surface area (Å²) in [5, 5.41) is 7.19. The van der Waals surface area contributed by atoms with Crippen molar-refractivity contribution in [1.82, 2.24) is 10.3 Å². The van der Waals surface area contributed by atoms with Crippen molar-refractivity contribution < 1.29 is 27.8 Å². The minimum absolute atomic E-state index is 0.0244. The predicted molar refractivity (Wildman–Crippen MR) is 136 cm³/mol. The molecule has 1 aliphatic rings. The van der Waals surface area contributed by atoms with Crippen LogP contribution in [-0.2, 0) is 14.9 Å². The molecule has 2 unspecified atom stereocenters. The van der Waals surface area contributed by atoms with Gasteiger partial charge in [0.1, 0.15) is 17.3 Å². The van der Waals surface area contributed by atoms with Gasteiger partial charge in [-0.2, -0.15) is 0 Å². The van der Waals surface area contributed by atoms with E-state index in [-0.39, 0.29) is 34.3 Å². The number of fused-ring (bicyclic) bond motifs is 1. The second-order valence-corrected chi connectivity index (χ2v) is 9.44. The van der Waals surface area contributed by atoms with Gasteiger partial charge in [0.15, 0.2) is 17.1 Å². The summed E-state index contributed by atoms with van der Waals surface area (Å²) in [6, 6.07) is 4.78. The number of hydrogen-bond acceptors (Lipinski definition) is 7. The minimum Gasteiger partial charge on any atom is -0.495 e. The van der Waals surface area contributed by atoms with Crippen LogP contribution in [0.3, 0.4) is 0 Å². The van der Waals surface area contributed by atoms with Gasteiger partial charge in [-0.1, -0.05) is 18.2 Å². The summed E-state index contributed by atoms with van der Waals surface area (Å²) in [5.74, 6) is 0.586. The summed E-state index contributed by atoms with van der Waals surface area (Å²) in [4.78, 5) is 16.3. The quantitative estimate of drug-likeness (QED) is 0.413. The zero-order valence-electron chi connectivity index (χ0n) is 20.6. The van der Waals surface area contributed by atoms with Crippen LogP contribution >= 0.6 is 11.6 Å². The second-order valence-electron chi connectivity index (χ2n) is 9.06. The number of pyridine rings is 1. The molecule has 1 aliphatic heterocycles. The average molecular weight is 518 g/mol. The van der Waals surface area contributed by atoms with Gasteiger partial charge in [-0.3, -0.25) is 4.79 Å². The molecule has 1 saturated heterocycles. The average Bonchev–Trinajstić information content (AvgIpc) is 3.30. The molecule has 0 bridgehead atoms. The van der Waals surface area contributed by atoms with Gasteiger partial charge in [0.2, 0.25) is 5.91 Å². The molecule has 1 amide bonds. The van der Waals surface area contributed by atoms with Gasteiger partial charge in [-0.15, -0.1) is 0 Å². The van der Waals surface area contributed by atoms with Gasteiger partial charge >= 0.3 is 0 Å².